The van der Waals surface area contributed by atoms with Crippen molar-refractivity contribution in [3.63, 3.8) is 0 Å². The monoisotopic (exact) mass is 284 g/mol. The summed E-state index contributed by atoms with van der Waals surface area (Å²) in [5.74, 6) is 0.764. The van der Waals surface area contributed by atoms with Crippen molar-refractivity contribution in [2.24, 2.45) is 5.92 Å². The zero-order valence-electron chi connectivity index (χ0n) is 12.0. The standard InChI is InChI=1S/C16H20N4O/c21-16-8-13(18-15-5-1-2-7-20(15)16)10-19-9-12-4-3-6-17-14(12)11-19/h1-2,5,7-8,12,14,17H,3-4,6,9-11H2/t12-,14+/m0/s1. The maximum absolute atomic E-state index is 12.1. The molecule has 2 aromatic heterocycles. The van der Waals surface area contributed by atoms with Crippen molar-refractivity contribution in [1.29, 1.82) is 0 Å². The van der Waals surface area contributed by atoms with Gasteiger partial charge in [0.05, 0.1) is 5.69 Å². The van der Waals surface area contributed by atoms with E-state index in [1.807, 2.05) is 18.2 Å². The van der Waals surface area contributed by atoms with E-state index in [1.165, 1.54) is 12.8 Å². The Kier molecular flexibility index (Phi) is 3.24. The van der Waals surface area contributed by atoms with E-state index in [4.69, 9.17) is 0 Å². The lowest BCUT2D eigenvalue weighted by Gasteiger charge is -2.24. The van der Waals surface area contributed by atoms with Crippen molar-refractivity contribution < 1.29 is 0 Å². The molecule has 2 aliphatic heterocycles. The van der Waals surface area contributed by atoms with Crippen LogP contribution in [0.15, 0.2) is 35.3 Å². The molecule has 5 nitrogen and oxygen atoms in total. The molecule has 0 aromatic carbocycles. The predicted octanol–water partition coefficient (Wildman–Crippen LogP) is 0.878. The van der Waals surface area contributed by atoms with Crippen LogP contribution >= 0.6 is 0 Å². The second-order valence-electron chi connectivity index (χ2n) is 6.17. The molecule has 2 aliphatic rings. The molecular formula is C16H20N4O. The minimum absolute atomic E-state index is 0.00494. The van der Waals surface area contributed by atoms with E-state index in [9.17, 15) is 4.79 Å². The largest absolute Gasteiger partial charge is 0.312 e. The van der Waals surface area contributed by atoms with Crippen LogP contribution in [0.2, 0.25) is 0 Å². The van der Waals surface area contributed by atoms with Crippen LogP contribution in [0.4, 0.5) is 0 Å². The highest BCUT2D eigenvalue weighted by Crippen LogP contribution is 2.25. The summed E-state index contributed by atoms with van der Waals surface area (Å²) in [7, 11) is 0. The molecule has 2 fully saturated rings. The minimum Gasteiger partial charge on any atom is -0.312 e. The van der Waals surface area contributed by atoms with Crippen LogP contribution in [0, 0.1) is 5.92 Å². The molecule has 110 valence electrons. The first-order chi connectivity index (χ1) is 10.3. The van der Waals surface area contributed by atoms with Gasteiger partial charge in [0.2, 0.25) is 0 Å². The molecule has 21 heavy (non-hydrogen) atoms. The molecule has 0 unspecified atom stereocenters. The SMILES string of the molecule is O=c1cc(CN2C[C@@H]3CCCN[C@@H]3C2)nc2ccccn12. The molecule has 0 saturated carbocycles. The van der Waals surface area contributed by atoms with Crippen LogP contribution in [0.5, 0.6) is 0 Å². The fraction of sp³-hybridized carbons (Fsp3) is 0.500. The lowest BCUT2D eigenvalue weighted by Crippen LogP contribution is -2.40. The Morgan fingerprint density at radius 1 is 1.33 bits per heavy atom. The van der Waals surface area contributed by atoms with Gasteiger partial charge in [0.15, 0.2) is 0 Å². The van der Waals surface area contributed by atoms with Gasteiger partial charge >= 0.3 is 0 Å². The fourth-order valence-corrected chi connectivity index (χ4v) is 3.68. The fourth-order valence-electron chi connectivity index (χ4n) is 3.68. The van der Waals surface area contributed by atoms with Gasteiger partial charge < -0.3 is 5.32 Å². The van der Waals surface area contributed by atoms with Crippen molar-refractivity contribution in [2.75, 3.05) is 19.6 Å². The summed E-state index contributed by atoms with van der Waals surface area (Å²) in [6, 6.07) is 7.95. The maximum atomic E-state index is 12.1. The lowest BCUT2D eigenvalue weighted by molar-refractivity contribution is 0.309. The van der Waals surface area contributed by atoms with Crippen LogP contribution < -0.4 is 10.9 Å². The third-order valence-corrected chi connectivity index (χ3v) is 4.68. The van der Waals surface area contributed by atoms with E-state index in [1.54, 1.807) is 16.7 Å². The second kappa shape index (κ2) is 5.24. The minimum atomic E-state index is 0.00494. The number of fused-ring (bicyclic) bond motifs is 2. The summed E-state index contributed by atoms with van der Waals surface area (Å²) in [5, 5.41) is 3.61. The molecule has 1 N–H and O–H groups in total. The van der Waals surface area contributed by atoms with Gasteiger partial charge in [0.1, 0.15) is 5.65 Å². The van der Waals surface area contributed by atoms with E-state index < -0.39 is 0 Å². The normalized spacial score (nSPS) is 26.1. The van der Waals surface area contributed by atoms with Crippen LogP contribution in [-0.2, 0) is 6.54 Å². The number of pyridine rings is 1. The van der Waals surface area contributed by atoms with E-state index in [-0.39, 0.29) is 5.56 Å². The summed E-state index contributed by atoms with van der Waals surface area (Å²) in [6.45, 7) is 4.11. The van der Waals surface area contributed by atoms with Gasteiger partial charge in [-0.1, -0.05) is 6.07 Å². The zero-order chi connectivity index (χ0) is 14.2. The molecule has 0 spiro atoms. The molecule has 0 aliphatic carbocycles. The Balaban J connectivity index is 1.56. The molecule has 2 saturated heterocycles. The smallest absolute Gasteiger partial charge is 0.258 e. The zero-order valence-corrected chi connectivity index (χ0v) is 12.0. The summed E-state index contributed by atoms with van der Waals surface area (Å²) in [5.41, 5.74) is 1.62. The molecule has 5 heteroatoms. The van der Waals surface area contributed by atoms with Crippen molar-refractivity contribution in [2.45, 2.75) is 25.4 Å². The Morgan fingerprint density at radius 2 is 2.29 bits per heavy atom. The van der Waals surface area contributed by atoms with E-state index in [2.05, 4.69) is 15.2 Å². The summed E-state index contributed by atoms with van der Waals surface area (Å²) < 4.78 is 1.59. The molecule has 0 amide bonds. The van der Waals surface area contributed by atoms with Crippen molar-refractivity contribution >= 4 is 5.65 Å². The first-order valence-electron chi connectivity index (χ1n) is 7.73. The number of rotatable bonds is 2. The second-order valence-corrected chi connectivity index (χ2v) is 6.17. The molecule has 4 heterocycles. The van der Waals surface area contributed by atoms with Crippen LogP contribution in [0.25, 0.3) is 5.65 Å². The maximum Gasteiger partial charge on any atom is 0.258 e. The molecule has 2 aromatic rings. The molecule has 2 atom stereocenters. The quantitative estimate of drug-likeness (QED) is 0.889. The van der Waals surface area contributed by atoms with Crippen LogP contribution in [0.1, 0.15) is 18.5 Å². The summed E-state index contributed by atoms with van der Waals surface area (Å²) in [6.07, 6.45) is 4.37. The Morgan fingerprint density at radius 3 is 3.19 bits per heavy atom. The lowest BCUT2D eigenvalue weighted by atomic mass is 9.94. The molecule has 0 radical (unpaired) electrons. The van der Waals surface area contributed by atoms with Crippen LogP contribution in [-0.4, -0.2) is 40.0 Å². The highest BCUT2D eigenvalue weighted by molar-refractivity contribution is 5.38. The molecular weight excluding hydrogens is 264 g/mol. The van der Waals surface area contributed by atoms with Crippen molar-refractivity contribution in [1.82, 2.24) is 19.6 Å². The predicted molar refractivity (Wildman–Crippen MR) is 81.3 cm³/mol. The van der Waals surface area contributed by atoms with Gasteiger partial charge in [-0.3, -0.25) is 14.1 Å². The van der Waals surface area contributed by atoms with Gasteiger partial charge in [-0.05, 0) is 37.4 Å². The first-order valence-corrected chi connectivity index (χ1v) is 7.73. The number of hydrogen-bond donors (Lipinski definition) is 1. The third-order valence-electron chi connectivity index (χ3n) is 4.68. The van der Waals surface area contributed by atoms with E-state index >= 15 is 0 Å². The van der Waals surface area contributed by atoms with Gasteiger partial charge in [-0.2, -0.15) is 0 Å². The van der Waals surface area contributed by atoms with Gasteiger partial charge in [-0.15, -0.1) is 0 Å². The van der Waals surface area contributed by atoms with Crippen molar-refractivity contribution in [3.8, 4) is 0 Å². The Labute approximate surface area is 123 Å². The number of piperidine rings is 1. The highest BCUT2D eigenvalue weighted by Gasteiger charge is 2.34. The van der Waals surface area contributed by atoms with E-state index in [0.717, 1.165) is 43.4 Å². The third kappa shape index (κ3) is 2.47. The number of nitrogens with zero attached hydrogens (tertiary/aromatic N) is 3. The molecule has 0 bridgehead atoms. The first kappa shape index (κ1) is 13.0. The Hall–Kier alpha value is -1.72. The Bertz CT molecular complexity index is 697. The number of hydrogen-bond acceptors (Lipinski definition) is 4. The van der Waals surface area contributed by atoms with Gasteiger partial charge in [0.25, 0.3) is 5.56 Å². The summed E-state index contributed by atoms with van der Waals surface area (Å²) in [4.78, 5) is 19.2. The number of aromatic nitrogens is 2. The van der Waals surface area contributed by atoms with Gasteiger partial charge in [-0.25, -0.2) is 4.98 Å². The average Bonchev–Trinajstić information content (AvgIpc) is 2.89. The number of likely N-dealkylation sites (tertiary alicyclic amines) is 1. The van der Waals surface area contributed by atoms with Crippen LogP contribution in [0.3, 0.4) is 0 Å². The highest BCUT2D eigenvalue weighted by atomic mass is 16.1. The topological polar surface area (TPSA) is 49.6 Å². The number of nitrogens with one attached hydrogen (secondary N) is 1. The summed E-state index contributed by atoms with van der Waals surface area (Å²) >= 11 is 0. The van der Waals surface area contributed by atoms with Crippen molar-refractivity contribution in [3.05, 3.63) is 46.5 Å². The van der Waals surface area contributed by atoms with E-state index in [0.29, 0.717) is 6.04 Å². The van der Waals surface area contributed by atoms with Gasteiger partial charge in [0, 0.05) is 37.9 Å². The molecule has 4 rings (SSSR count). The average molecular weight is 284 g/mol.